The molecule has 0 saturated heterocycles. The third-order valence-electron chi connectivity index (χ3n) is 2.69. The molecule has 2 heteroatoms. The molecular weight excluding hydrogens is 196 g/mol. The fourth-order valence-electron chi connectivity index (χ4n) is 1.84. The van der Waals surface area contributed by atoms with Gasteiger partial charge in [0.15, 0.2) is 0 Å². The standard InChI is InChI=1S/C14H22N2/c1-5-15-13(9-8-11(2)3)14-12(4)7-6-10-16-14/h6-7,10,13,15H,2,5,8-9H2,1,3-4H3. The predicted molar refractivity (Wildman–Crippen MR) is 69.4 cm³/mol. The van der Waals surface area contributed by atoms with Gasteiger partial charge >= 0.3 is 0 Å². The highest BCUT2D eigenvalue weighted by atomic mass is 14.9. The van der Waals surface area contributed by atoms with Gasteiger partial charge in [-0.3, -0.25) is 4.98 Å². The second-order valence-corrected chi connectivity index (χ2v) is 4.31. The lowest BCUT2D eigenvalue weighted by molar-refractivity contribution is 0.501. The summed E-state index contributed by atoms with van der Waals surface area (Å²) in [5.74, 6) is 0. The monoisotopic (exact) mass is 218 g/mol. The van der Waals surface area contributed by atoms with Crippen LogP contribution >= 0.6 is 0 Å². The number of aryl methyl sites for hydroxylation is 1. The van der Waals surface area contributed by atoms with Gasteiger partial charge in [-0.05, 0) is 44.9 Å². The first kappa shape index (κ1) is 12.9. The summed E-state index contributed by atoms with van der Waals surface area (Å²) in [6, 6.07) is 4.46. The molecule has 1 N–H and O–H groups in total. The Morgan fingerprint density at radius 3 is 2.88 bits per heavy atom. The third-order valence-corrected chi connectivity index (χ3v) is 2.69. The first-order chi connectivity index (χ1) is 7.65. The zero-order valence-electron chi connectivity index (χ0n) is 10.6. The number of aromatic nitrogens is 1. The lowest BCUT2D eigenvalue weighted by Gasteiger charge is -2.19. The van der Waals surface area contributed by atoms with Crippen LogP contribution in [0.3, 0.4) is 0 Å². The summed E-state index contributed by atoms with van der Waals surface area (Å²) in [5, 5.41) is 3.49. The molecule has 0 amide bonds. The van der Waals surface area contributed by atoms with Gasteiger partial charge in [0.25, 0.3) is 0 Å². The van der Waals surface area contributed by atoms with E-state index in [0.717, 1.165) is 19.4 Å². The second-order valence-electron chi connectivity index (χ2n) is 4.31. The van der Waals surface area contributed by atoms with E-state index in [0.29, 0.717) is 6.04 Å². The van der Waals surface area contributed by atoms with Gasteiger partial charge in [0.2, 0.25) is 0 Å². The maximum absolute atomic E-state index is 4.48. The van der Waals surface area contributed by atoms with Crippen molar-refractivity contribution in [3.63, 3.8) is 0 Å². The zero-order chi connectivity index (χ0) is 12.0. The van der Waals surface area contributed by atoms with E-state index in [1.165, 1.54) is 16.8 Å². The average molecular weight is 218 g/mol. The van der Waals surface area contributed by atoms with Gasteiger partial charge in [0.05, 0.1) is 11.7 Å². The summed E-state index contributed by atoms with van der Waals surface area (Å²) in [4.78, 5) is 4.48. The molecule has 0 spiro atoms. The van der Waals surface area contributed by atoms with E-state index >= 15 is 0 Å². The van der Waals surface area contributed by atoms with E-state index in [2.05, 4.69) is 43.7 Å². The van der Waals surface area contributed by atoms with Crippen molar-refractivity contribution >= 4 is 0 Å². The van der Waals surface area contributed by atoms with Gasteiger partial charge in [-0.15, -0.1) is 6.58 Å². The molecule has 0 radical (unpaired) electrons. The van der Waals surface area contributed by atoms with Gasteiger partial charge in [-0.25, -0.2) is 0 Å². The summed E-state index contributed by atoms with van der Waals surface area (Å²) in [6.45, 7) is 11.3. The molecule has 2 nitrogen and oxygen atoms in total. The lowest BCUT2D eigenvalue weighted by Crippen LogP contribution is -2.22. The maximum Gasteiger partial charge on any atom is 0.0602 e. The van der Waals surface area contributed by atoms with Crippen LogP contribution in [0.25, 0.3) is 0 Å². The molecule has 1 aromatic heterocycles. The quantitative estimate of drug-likeness (QED) is 0.740. The second kappa shape index (κ2) is 6.44. The summed E-state index contributed by atoms with van der Waals surface area (Å²) >= 11 is 0. The van der Waals surface area contributed by atoms with E-state index < -0.39 is 0 Å². The van der Waals surface area contributed by atoms with Crippen LogP contribution in [-0.4, -0.2) is 11.5 Å². The summed E-state index contributed by atoms with van der Waals surface area (Å²) in [7, 11) is 0. The first-order valence-electron chi connectivity index (χ1n) is 5.94. The van der Waals surface area contributed by atoms with Crippen LogP contribution in [0.15, 0.2) is 30.5 Å². The van der Waals surface area contributed by atoms with Crippen molar-refractivity contribution < 1.29 is 0 Å². The molecule has 16 heavy (non-hydrogen) atoms. The van der Waals surface area contributed by atoms with Crippen LogP contribution < -0.4 is 5.32 Å². The van der Waals surface area contributed by atoms with Crippen molar-refractivity contribution in [3.05, 3.63) is 41.7 Å². The topological polar surface area (TPSA) is 24.9 Å². The van der Waals surface area contributed by atoms with Gasteiger partial charge < -0.3 is 5.32 Å². The van der Waals surface area contributed by atoms with Gasteiger partial charge in [0, 0.05) is 6.20 Å². The number of hydrogen-bond acceptors (Lipinski definition) is 2. The van der Waals surface area contributed by atoms with Crippen LogP contribution in [0.1, 0.15) is 44.0 Å². The van der Waals surface area contributed by atoms with E-state index in [1.54, 1.807) is 0 Å². The molecule has 0 aliphatic heterocycles. The minimum absolute atomic E-state index is 0.350. The van der Waals surface area contributed by atoms with Crippen molar-refractivity contribution in [2.24, 2.45) is 0 Å². The highest BCUT2D eigenvalue weighted by Crippen LogP contribution is 2.21. The molecule has 1 atom stereocenters. The Kier molecular flexibility index (Phi) is 5.20. The van der Waals surface area contributed by atoms with Gasteiger partial charge in [-0.1, -0.05) is 18.6 Å². The van der Waals surface area contributed by atoms with Crippen LogP contribution in [-0.2, 0) is 0 Å². The molecule has 1 unspecified atom stereocenters. The van der Waals surface area contributed by atoms with Crippen molar-refractivity contribution in [1.29, 1.82) is 0 Å². The van der Waals surface area contributed by atoms with Gasteiger partial charge in [0.1, 0.15) is 0 Å². The first-order valence-corrected chi connectivity index (χ1v) is 5.94. The van der Waals surface area contributed by atoms with Crippen LogP contribution in [0, 0.1) is 6.92 Å². The minimum atomic E-state index is 0.350. The van der Waals surface area contributed by atoms with Crippen molar-refractivity contribution in [3.8, 4) is 0 Å². The third kappa shape index (κ3) is 3.78. The number of hydrogen-bond donors (Lipinski definition) is 1. The Balaban J connectivity index is 2.76. The number of nitrogens with zero attached hydrogens (tertiary/aromatic N) is 1. The maximum atomic E-state index is 4.48. The molecule has 1 heterocycles. The summed E-state index contributed by atoms with van der Waals surface area (Å²) < 4.78 is 0. The van der Waals surface area contributed by atoms with E-state index in [-0.39, 0.29) is 0 Å². The zero-order valence-corrected chi connectivity index (χ0v) is 10.6. The highest BCUT2D eigenvalue weighted by Gasteiger charge is 2.13. The van der Waals surface area contributed by atoms with Gasteiger partial charge in [-0.2, -0.15) is 0 Å². The highest BCUT2D eigenvalue weighted by molar-refractivity contribution is 5.21. The fourth-order valence-corrected chi connectivity index (χ4v) is 1.84. The minimum Gasteiger partial charge on any atom is -0.309 e. The molecule has 1 rings (SSSR count). The largest absolute Gasteiger partial charge is 0.309 e. The number of nitrogens with one attached hydrogen (secondary N) is 1. The molecule has 88 valence electrons. The molecule has 0 fully saturated rings. The van der Waals surface area contributed by atoms with Crippen molar-refractivity contribution in [1.82, 2.24) is 10.3 Å². The Labute approximate surface area is 98.8 Å². The van der Waals surface area contributed by atoms with Crippen LogP contribution in [0.4, 0.5) is 0 Å². The van der Waals surface area contributed by atoms with E-state index in [9.17, 15) is 0 Å². The molecule has 1 aromatic rings. The number of rotatable bonds is 6. The summed E-state index contributed by atoms with van der Waals surface area (Å²) in [5.41, 5.74) is 3.66. The van der Waals surface area contributed by atoms with E-state index in [4.69, 9.17) is 0 Å². The average Bonchev–Trinajstić information content (AvgIpc) is 2.25. The summed E-state index contributed by atoms with van der Waals surface area (Å²) in [6.07, 6.45) is 3.99. The molecular formula is C14H22N2. The van der Waals surface area contributed by atoms with Crippen LogP contribution in [0.5, 0.6) is 0 Å². The number of allylic oxidation sites excluding steroid dienone is 1. The molecule has 0 saturated carbocycles. The Hall–Kier alpha value is -1.15. The Bertz CT molecular complexity index is 344. The van der Waals surface area contributed by atoms with Crippen molar-refractivity contribution in [2.45, 2.75) is 39.7 Å². The van der Waals surface area contributed by atoms with Crippen molar-refractivity contribution in [2.75, 3.05) is 6.54 Å². The molecule has 0 aliphatic rings. The van der Waals surface area contributed by atoms with E-state index in [1.807, 2.05) is 12.3 Å². The molecule has 0 bridgehead atoms. The fraction of sp³-hybridized carbons (Fsp3) is 0.500. The Morgan fingerprint density at radius 2 is 2.31 bits per heavy atom. The van der Waals surface area contributed by atoms with Crippen LogP contribution in [0.2, 0.25) is 0 Å². The molecule has 0 aliphatic carbocycles. The Morgan fingerprint density at radius 1 is 1.56 bits per heavy atom. The normalized spacial score (nSPS) is 12.4. The number of pyridine rings is 1. The lowest BCUT2D eigenvalue weighted by atomic mass is 10.0. The smallest absolute Gasteiger partial charge is 0.0602 e. The molecule has 0 aromatic carbocycles. The predicted octanol–water partition coefficient (Wildman–Crippen LogP) is 3.40. The SMILES string of the molecule is C=C(C)CCC(NCC)c1ncccc1C.